The number of thiol groups is 1. The fourth-order valence-corrected chi connectivity index (χ4v) is 2.16. The molecule has 18 heavy (non-hydrogen) atoms. The molecule has 1 aromatic carbocycles. The van der Waals surface area contributed by atoms with Crippen molar-refractivity contribution in [3.8, 4) is 0 Å². The minimum absolute atomic E-state index is 0.0575. The number of hydrogen-bond donors (Lipinski definition) is 2. The van der Waals surface area contributed by atoms with Gasteiger partial charge in [0, 0.05) is 24.4 Å². The first-order valence-electron chi connectivity index (χ1n) is 5.97. The van der Waals surface area contributed by atoms with Crippen LogP contribution in [0.1, 0.15) is 15.9 Å². The lowest BCUT2D eigenvalue weighted by Gasteiger charge is -2.27. The highest BCUT2D eigenvalue weighted by Crippen LogP contribution is 2.17. The summed E-state index contributed by atoms with van der Waals surface area (Å²) in [6.45, 7) is 1.26. The molecule has 96 valence electrons. The number of amides is 2. The van der Waals surface area contributed by atoms with E-state index >= 15 is 0 Å². The van der Waals surface area contributed by atoms with Gasteiger partial charge in [0.1, 0.15) is 0 Å². The number of fused-ring (bicyclic) bond motifs is 1. The Labute approximate surface area is 112 Å². The summed E-state index contributed by atoms with van der Waals surface area (Å²) in [5.41, 5.74) is 1.78. The summed E-state index contributed by atoms with van der Waals surface area (Å²) < 4.78 is 0. The molecule has 1 heterocycles. The zero-order valence-electron chi connectivity index (χ0n) is 10.1. The van der Waals surface area contributed by atoms with Crippen molar-refractivity contribution < 1.29 is 9.59 Å². The second-order valence-corrected chi connectivity index (χ2v) is 4.65. The summed E-state index contributed by atoms with van der Waals surface area (Å²) >= 11 is 4.02. The monoisotopic (exact) mass is 264 g/mol. The molecule has 0 aliphatic carbocycles. The van der Waals surface area contributed by atoms with Crippen LogP contribution in [-0.2, 0) is 11.2 Å². The number of carbonyl (C=O) groups excluding carboxylic acids is 2. The maximum absolute atomic E-state index is 12.2. The van der Waals surface area contributed by atoms with E-state index < -0.39 is 0 Å². The Morgan fingerprint density at radius 3 is 2.94 bits per heavy atom. The first-order valence-corrected chi connectivity index (χ1v) is 6.60. The van der Waals surface area contributed by atoms with Crippen molar-refractivity contribution in [3.05, 3.63) is 35.4 Å². The van der Waals surface area contributed by atoms with E-state index in [9.17, 15) is 9.59 Å². The van der Waals surface area contributed by atoms with E-state index in [1.165, 1.54) is 0 Å². The predicted octanol–water partition coefficient (Wildman–Crippen LogP) is 0.731. The highest BCUT2D eigenvalue weighted by molar-refractivity contribution is 7.80. The molecule has 0 fully saturated rings. The van der Waals surface area contributed by atoms with Crippen LogP contribution in [0.4, 0.5) is 0 Å². The minimum atomic E-state index is -0.128. The second kappa shape index (κ2) is 5.91. The van der Waals surface area contributed by atoms with Crippen LogP contribution in [0, 0.1) is 0 Å². The lowest BCUT2D eigenvalue weighted by atomic mass is 9.99. The molecule has 0 radical (unpaired) electrons. The second-order valence-electron chi connectivity index (χ2n) is 4.21. The molecular weight excluding hydrogens is 248 g/mol. The lowest BCUT2D eigenvalue weighted by molar-refractivity contribution is -0.121. The quantitative estimate of drug-likeness (QED) is 0.788. The molecule has 2 rings (SSSR count). The van der Waals surface area contributed by atoms with Gasteiger partial charge in [0.15, 0.2) is 0 Å². The zero-order chi connectivity index (χ0) is 13.0. The van der Waals surface area contributed by atoms with Gasteiger partial charge in [-0.1, -0.05) is 18.2 Å². The Kier molecular flexibility index (Phi) is 4.25. The first-order chi connectivity index (χ1) is 8.72. The van der Waals surface area contributed by atoms with Gasteiger partial charge in [-0.25, -0.2) is 0 Å². The van der Waals surface area contributed by atoms with Gasteiger partial charge in [0.2, 0.25) is 5.91 Å². The highest BCUT2D eigenvalue weighted by Gasteiger charge is 2.25. The Balaban J connectivity index is 2.01. The van der Waals surface area contributed by atoms with Crippen LogP contribution < -0.4 is 5.32 Å². The molecule has 0 unspecified atom stereocenters. The molecule has 0 aromatic heterocycles. The number of nitrogens with zero attached hydrogens (tertiary/aromatic N) is 1. The fraction of sp³-hybridized carbons (Fsp3) is 0.385. The van der Waals surface area contributed by atoms with Crippen molar-refractivity contribution >= 4 is 24.4 Å². The average molecular weight is 264 g/mol. The van der Waals surface area contributed by atoms with Gasteiger partial charge < -0.3 is 10.2 Å². The van der Waals surface area contributed by atoms with E-state index in [-0.39, 0.29) is 18.4 Å². The zero-order valence-corrected chi connectivity index (χ0v) is 11.0. The number of hydrogen-bond acceptors (Lipinski definition) is 3. The van der Waals surface area contributed by atoms with E-state index in [0.717, 1.165) is 12.0 Å². The summed E-state index contributed by atoms with van der Waals surface area (Å²) in [5.74, 6) is 0.414. The molecule has 5 heteroatoms. The molecule has 0 spiro atoms. The molecule has 0 saturated carbocycles. The molecule has 2 amide bonds. The summed E-state index contributed by atoms with van der Waals surface area (Å²) in [7, 11) is 0. The Hall–Kier alpha value is -1.49. The molecule has 1 aromatic rings. The van der Waals surface area contributed by atoms with Crippen molar-refractivity contribution in [1.82, 2.24) is 10.2 Å². The number of rotatable bonds is 4. The van der Waals surface area contributed by atoms with Gasteiger partial charge in [-0.2, -0.15) is 12.6 Å². The summed E-state index contributed by atoms with van der Waals surface area (Å²) in [4.78, 5) is 25.3. The van der Waals surface area contributed by atoms with Gasteiger partial charge in [-0.05, 0) is 18.1 Å². The van der Waals surface area contributed by atoms with Gasteiger partial charge >= 0.3 is 0 Å². The van der Waals surface area contributed by atoms with Crippen LogP contribution in [0.3, 0.4) is 0 Å². The maximum atomic E-state index is 12.2. The van der Waals surface area contributed by atoms with E-state index in [1.807, 2.05) is 24.3 Å². The summed E-state index contributed by atoms with van der Waals surface area (Å²) in [5, 5.41) is 2.71. The number of carbonyl (C=O) groups is 2. The van der Waals surface area contributed by atoms with Crippen LogP contribution >= 0.6 is 12.6 Å². The van der Waals surface area contributed by atoms with Crippen LogP contribution in [0.5, 0.6) is 0 Å². The Morgan fingerprint density at radius 1 is 1.39 bits per heavy atom. The van der Waals surface area contributed by atoms with E-state index in [1.54, 1.807) is 4.90 Å². The normalized spacial score (nSPS) is 14.3. The summed E-state index contributed by atoms with van der Waals surface area (Å²) in [6.07, 6.45) is 0.807. The molecule has 4 nitrogen and oxygen atoms in total. The van der Waals surface area contributed by atoms with Crippen LogP contribution in [0.2, 0.25) is 0 Å². The van der Waals surface area contributed by atoms with Gasteiger partial charge in [0.05, 0.1) is 6.54 Å². The van der Waals surface area contributed by atoms with Crippen molar-refractivity contribution in [3.63, 3.8) is 0 Å². The van der Waals surface area contributed by atoms with E-state index in [2.05, 4.69) is 17.9 Å². The van der Waals surface area contributed by atoms with Gasteiger partial charge in [-0.15, -0.1) is 0 Å². The minimum Gasteiger partial charge on any atom is -0.354 e. The van der Waals surface area contributed by atoms with Crippen LogP contribution in [-0.4, -0.2) is 42.1 Å². The maximum Gasteiger partial charge on any atom is 0.254 e. The number of nitrogens with one attached hydrogen (secondary N) is 1. The molecule has 0 saturated heterocycles. The van der Waals surface area contributed by atoms with Crippen molar-refractivity contribution in [2.24, 2.45) is 0 Å². The SMILES string of the molecule is O=C(CN1CCc2ccccc2C1=O)NCCS. The van der Waals surface area contributed by atoms with Gasteiger partial charge in [0.25, 0.3) is 5.91 Å². The smallest absolute Gasteiger partial charge is 0.254 e. The van der Waals surface area contributed by atoms with Crippen LogP contribution in [0.25, 0.3) is 0 Å². The first kappa shape index (κ1) is 13.0. The molecule has 1 N–H and O–H groups in total. The van der Waals surface area contributed by atoms with E-state index in [0.29, 0.717) is 24.4 Å². The lowest BCUT2D eigenvalue weighted by Crippen LogP contribution is -2.44. The third kappa shape index (κ3) is 2.85. The third-order valence-electron chi connectivity index (χ3n) is 2.95. The topological polar surface area (TPSA) is 49.4 Å². The average Bonchev–Trinajstić information content (AvgIpc) is 2.40. The molecule has 1 aliphatic heterocycles. The third-order valence-corrected chi connectivity index (χ3v) is 3.18. The highest BCUT2D eigenvalue weighted by atomic mass is 32.1. The molecule has 1 aliphatic rings. The van der Waals surface area contributed by atoms with Crippen molar-refractivity contribution in [2.45, 2.75) is 6.42 Å². The fourth-order valence-electron chi connectivity index (χ4n) is 2.05. The molecule has 0 atom stereocenters. The standard InChI is InChI=1S/C13H16N2O2S/c16-12(14-6-8-18)9-15-7-5-10-3-1-2-4-11(10)13(15)17/h1-4,18H,5-9H2,(H,14,16). The van der Waals surface area contributed by atoms with Crippen LogP contribution in [0.15, 0.2) is 24.3 Å². The molecular formula is C13H16N2O2S. The van der Waals surface area contributed by atoms with Crippen molar-refractivity contribution in [1.29, 1.82) is 0 Å². The predicted molar refractivity (Wildman–Crippen MR) is 72.9 cm³/mol. The molecule has 0 bridgehead atoms. The number of benzene rings is 1. The van der Waals surface area contributed by atoms with Gasteiger partial charge in [-0.3, -0.25) is 9.59 Å². The Bertz CT molecular complexity index is 462. The summed E-state index contributed by atoms with van der Waals surface area (Å²) in [6, 6.07) is 7.56. The Morgan fingerprint density at radius 2 is 2.17 bits per heavy atom. The van der Waals surface area contributed by atoms with Crippen molar-refractivity contribution in [2.75, 3.05) is 25.4 Å². The van der Waals surface area contributed by atoms with E-state index in [4.69, 9.17) is 0 Å². The largest absolute Gasteiger partial charge is 0.354 e.